The van der Waals surface area contributed by atoms with Gasteiger partial charge in [0.05, 0.1) is 35.0 Å². The van der Waals surface area contributed by atoms with Gasteiger partial charge in [-0.15, -0.1) is 5.11 Å². The van der Waals surface area contributed by atoms with Crippen LogP contribution in [0.3, 0.4) is 0 Å². The number of carbonyl (C=O) groups excluding carboxylic acids is 1. The van der Waals surface area contributed by atoms with Gasteiger partial charge in [0, 0.05) is 51.7 Å². The molecule has 0 saturated heterocycles. The summed E-state index contributed by atoms with van der Waals surface area (Å²) in [6.45, 7) is 4.23. The van der Waals surface area contributed by atoms with Crippen LogP contribution in [0.4, 0.5) is 49.9 Å². The molecule has 1 N–H and O–H groups in total. The molecule has 0 spiro atoms. The van der Waals surface area contributed by atoms with Gasteiger partial charge in [0.1, 0.15) is 12.3 Å². The van der Waals surface area contributed by atoms with Gasteiger partial charge in [0.15, 0.2) is 5.82 Å². The Morgan fingerprint density at radius 3 is 1.91 bits per heavy atom. The molecule has 0 aliphatic heterocycles. The number of hydrogen-bond acceptors (Lipinski definition) is 10. The van der Waals surface area contributed by atoms with Gasteiger partial charge in [0.25, 0.3) is 0 Å². The van der Waals surface area contributed by atoms with Gasteiger partial charge in [-0.1, -0.05) is 6.58 Å². The molecule has 10 nitrogen and oxygen atoms in total. The topological polar surface area (TPSA) is 97.5 Å². The first-order valence-corrected chi connectivity index (χ1v) is 13.8. The van der Waals surface area contributed by atoms with Crippen LogP contribution < -0.4 is 20.2 Å². The number of halogens is 1. The summed E-state index contributed by atoms with van der Waals surface area (Å²) in [6.07, 6.45) is 1.15. The lowest BCUT2D eigenvalue weighted by atomic mass is 10.2. The highest BCUT2D eigenvalue weighted by Crippen LogP contribution is 2.28. The number of likely N-dealkylation sites (N-methyl/N-ethyl adjacent to an activating group) is 1. The fourth-order valence-corrected chi connectivity index (χ4v) is 3.95. The maximum absolute atomic E-state index is 14.7. The van der Waals surface area contributed by atoms with E-state index in [9.17, 15) is 9.18 Å². The van der Waals surface area contributed by atoms with Crippen molar-refractivity contribution in [2.45, 2.75) is 0 Å². The van der Waals surface area contributed by atoms with Crippen molar-refractivity contribution in [2.24, 2.45) is 20.5 Å². The summed E-state index contributed by atoms with van der Waals surface area (Å²) in [6, 6.07) is 27.3. The molecule has 44 heavy (non-hydrogen) atoms. The lowest BCUT2D eigenvalue weighted by Gasteiger charge is -2.23. The highest BCUT2D eigenvalue weighted by molar-refractivity contribution is 5.81. The first-order valence-electron chi connectivity index (χ1n) is 13.8. The third-order valence-corrected chi connectivity index (χ3v) is 6.53. The summed E-state index contributed by atoms with van der Waals surface area (Å²) in [4.78, 5) is 15.2. The largest absolute Gasteiger partial charge is 0.461 e. The number of hydrazine groups is 1. The number of benzene rings is 4. The van der Waals surface area contributed by atoms with E-state index >= 15 is 0 Å². The van der Waals surface area contributed by atoms with Gasteiger partial charge in [-0.05, 0) is 84.9 Å². The van der Waals surface area contributed by atoms with Gasteiger partial charge in [-0.25, -0.2) is 9.18 Å². The van der Waals surface area contributed by atoms with Crippen LogP contribution in [0.1, 0.15) is 0 Å². The van der Waals surface area contributed by atoms with E-state index in [1.807, 2.05) is 104 Å². The van der Waals surface area contributed by atoms with Crippen molar-refractivity contribution in [2.75, 3.05) is 61.6 Å². The Hall–Kier alpha value is -5.58. The Labute approximate surface area is 256 Å². The van der Waals surface area contributed by atoms with Crippen LogP contribution in [0, 0.1) is 5.82 Å². The second kappa shape index (κ2) is 15.1. The van der Waals surface area contributed by atoms with Crippen LogP contribution in [-0.2, 0) is 9.53 Å². The molecular formula is C33H35FN8O2. The minimum Gasteiger partial charge on any atom is -0.461 e. The van der Waals surface area contributed by atoms with E-state index in [1.165, 1.54) is 12.1 Å². The molecule has 0 heterocycles. The van der Waals surface area contributed by atoms with Gasteiger partial charge < -0.3 is 14.5 Å². The third-order valence-electron chi connectivity index (χ3n) is 6.53. The Kier molecular flexibility index (Phi) is 10.7. The highest BCUT2D eigenvalue weighted by Gasteiger charge is 2.06. The second-order valence-electron chi connectivity index (χ2n) is 9.97. The zero-order valence-electron chi connectivity index (χ0n) is 25.2. The first kappa shape index (κ1) is 31.4. The summed E-state index contributed by atoms with van der Waals surface area (Å²) in [5.74, 6) is -0.971. The molecule has 4 aromatic rings. The molecule has 0 bridgehead atoms. The minimum atomic E-state index is -0.540. The monoisotopic (exact) mass is 594 g/mol. The van der Waals surface area contributed by atoms with Gasteiger partial charge in [-0.3, -0.25) is 10.4 Å². The van der Waals surface area contributed by atoms with Gasteiger partial charge >= 0.3 is 5.97 Å². The molecule has 0 amide bonds. The summed E-state index contributed by atoms with van der Waals surface area (Å²) in [7, 11) is 7.75. The normalized spacial score (nSPS) is 11.0. The number of hydrogen-bond donors (Lipinski definition) is 1. The van der Waals surface area contributed by atoms with Crippen molar-refractivity contribution in [1.82, 2.24) is 0 Å². The lowest BCUT2D eigenvalue weighted by molar-refractivity contribution is -0.137. The van der Waals surface area contributed by atoms with E-state index in [2.05, 4.69) is 32.5 Å². The summed E-state index contributed by atoms with van der Waals surface area (Å²) < 4.78 is 19.7. The van der Waals surface area contributed by atoms with Crippen molar-refractivity contribution >= 4 is 51.5 Å². The molecule has 4 rings (SSSR count). The summed E-state index contributed by atoms with van der Waals surface area (Å²) in [5.41, 5.74) is 8.89. The van der Waals surface area contributed by atoms with Gasteiger partial charge in [-0.2, -0.15) is 15.3 Å². The number of nitrogens with zero attached hydrogens (tertiary/aromatic N) is 7. The number of azo groups is 2. The predicted molar refractivity (Wildman–Crippen MR) is 175 cm³/mol. The van der Waals surface area contributed by atoms with E-state index in [0.717, 1.165) is 28.8 Å². The lowest BCUT2D eigenvalue weighted by Crippen LogP contribution is -2.25. The molecule has 0 unspecified atom stereocenters. The number of carbonyl (C=O) groups is 1. The maximum atomic E-state index is 14.7. The molecule has 4 aromatic carbocycles. The zero-order chi connectivity index (χ0) is 31.5. The SMILES string of the molecule is C=CC(=O)OCCN(C)c1ccc(NN(C)c2ccc(/N=N/c3ccc(/N=N/c4ccc(N(C)C)cc4)cc3F)cc2)cc1. The maximum Gasteiger partial charge on any atom is 0.330 e. The molecule has 0 saturated carbocycles. The van der Waals surface area contributed by atoms with Crippen LogP contribution in [0.15, 0.2) is 124 Å². The van der Waals surface area contributed by atoms with Crippen LogP contribution in [0.5, 0.6) is 0 Å². The number of ether oxygens (including phenoxy) is 1. The van der Waals surface area contributed by atoms with Crippen LogP contribution in [0.2, 0.25) is 0 Å². The summed E-state index contributed by atoms with van der Waals surface area (Å²) in [5, 5.41) is 18.4. The Morgan fingerprint density at radius 1 is 0.773 bits per heavy atom. The van der Waals surface area contributed by atoms with E-state index < -0.39 is 11.8 Å². The quantitative estimate of drug-likeness (QED) is 0.0723. The average molecular weight is 595 g/mol. The van der Waals surface area contributed by atoms with Gasteiger partial charge in [0.2, 0.25) is 0 Å². The third kappa shape index (κ3) is 8.96. The average Bonchev–Trinajstić information content (AvgIpc) is 3.04. The summed E-state index contributed by atoms with van der Waals surface area (Å²) >= 11 is 0. The minimum absolute atomic E-state index is 0.106. The molecule has 0 aromatic heterocycles. The number of esters is 1. The molecule has 0 aliphatic carbocycles. The fraction of sp³-hybridized carbons (Fsp3) is 0.182. The zero-order valence-corrected chi connectivity index (χ0v) is 25.2. The van der Waals surface area contributed by atoms with Crippen molar-refractivity contribution in [3.63, 3.8) is 0 Å². The molecule has 226 valence electrons. The standard InChI is InChI=1S/C33H35FN8O2/c1-6-33(43)44-22-21-41(4)29-16-11-26(12-17-29)39-42(5)30-18-9-25(10-19-30)36-38-32-20-13-27(23-31(32)34)37-35-24-7-14-28(15-8-24)40(2)3/h6-20,23,39H,1,21-22H2,2-5H3/b37-35+,38-36+. The van der Waals surface area contributed by atoms with Crippen LogP contribution >= 0.6 is 0 Å². The van der Waals surface area contributed by atoms with Crippen LogP contribution in [-0.4, -0.2) is 47.3 Å². The van der Waals surface area contributed by atoms with Crippen molar-refractivity contribution < 1.29 is 13.9 Å². The van der Waals surface area contributed by atoms with Crippen molar-refractivity contribution in [3.8, 4) is 0 Å². The van der Waals surface area contributed by atoms with E-state index in [1.54, 1.807) is 18.2 Å². The van der Waals surface area contributed by atoms with Crippen molar-refractivity contribution in [3.05, 3.63) is 109 Å². The first-order chi connectivity index (χ1) is 21.2. The Balaban J connectivity index is 1.30. The van der Waals surface area contributed by atoms with E-state index in [0.29, 0.717) is 23.6 Å². The molecule has 0 aliphatic rings. The highest BCUT2D eigenvalue weighted by atomic mass is 19.1. The molecular weight excluding hydrogens is 559 g/mol. The number of anilines is 4. The van der Waals surface area contributed by atoms with Crippen LogP contribution in [0.25, 0.3) is 0 Å². The molecule has 11 heteroatoms. The second-order valence-corrected chi connectivity index (χ2v) is 9.97. The predicted octanol–water partition coefficient (Wildman–Crippen LogP) is 8.35. The Morgan fingerprint density at radius 2 is 1.32 bits per heavy atom. The number of rotatable bonds is 13. The van der Waals surface area contributed by atoms with E-state index in [4.69, 9.17) is 4.74 Å². The fourth-order valence-electron chi connectivity index (χ4n) is 3.95. The smallest absolute Gasteiger partial charge is 0.330 e. The molecule has 0 atom stereocenters. The molecule has 0 fully saturated rings. The number of nitrogens with one attached hydrogen (secondary N) is 1. The van der Waals surface area contributed by atoms with Crippen molar-refractivity contribution in [1.29, 1.82) is 0 Å². The van der Waals surface area contributed by atoms with E-state index in [-0.39, 0.29) is 12.3 Å². The Bertz CT molecular complexity index is 1600. The molecule has 0 radical (unpaired) electrons.